The predicted octanol–water partition coefficient (Wildman–Crippen LogP) is 2.18. The van der Waals surface area contributed by atoms with Crippen molar-refractivity contribution in [3.63, 3.8) is 0 Å². The smallest absolute Gasteiger partial charge is 0.251 e. The van der Waals surface area contributed by atoms with Crippen LogP contribution in [-0.4, -0.2) is 65.0 Å². The Morgan fingerprint density at radius 2 is 1.74 bits per heavy atom. The third-order valence-electron chi connectivity index (χ3n) is 3.57. The Hall–Kier alpha value is -1.64. The molecule has 8 heteroatoms. The van der Waals surface area contributed by atoms with Crippen molar-refractivity contribution in [3.8, 4) is 0 Å². The van der Waals surface area contributed by atoms with Crippen LogP contribution in [0.1, 0.15) is 30.1 Å². The molecular weight excluding hydrogens is 412 g/mol. The van der Waals surface area contributed by atoms with E-state index in [-0.39, 0.29) is 5.91 Å². The molecule has 0 aromatic heterocycles. The molecule has 0 heterocycles. The van der Waals surface area contributed by atoms with Gasteiger partial charge in [0.1, 0.15) is 0 Å². The van der Waals surface area contributed by atoms with Gasteiger partial charge in [0.15, 0.2) is 5.96 Å². The molecule has 27 heavy (non-hydrogen) atoms. The van der Waals surface area contributed by atoms with Gasteiger partial charge in [-0.1, -0.05) is 35.3 Å². The van der Waals surface area contributed by atoms with Crippen molar-refractivity contribution in [1.82, 2.24) is 16.0 Å². The molecule has 0 spiro atoms. The topological polar surface area (TPSA) is 84.0 Å². The number of nitrogens with zero attached hydrogens (tertiary/aromatic N) is 1. The van der Waals surface area contributed by atoms with E-state index >= 15 is 0 Å². The Labute approximate surface area is 170 Å². The van der Waals surface area contributed by atoms with Gasteiger partial charge in [-0.15, -0.1) is 0 Å². The summed E-state index contributed by atoms with van der Waals surface area (Å²) in [5.74, 6) is 0.574. The van der Waals surface area contributed by atoms with E-state index in [9.17, 15) is 4.79 Å². The molecule has 1 aromatic rings. The minimum atomic E-state index is -0.101. The minimum Gasteiger partial charge on any atom is -0.379 e. The molecule has 1 amide bonds. The molecule has 7 nitrogen and oxygen atoms in total. The van der Waals surface area contributed by atoms with Crippen LogP contribution < -0.4 is 16.0 Å². The Balaban J connectivity index is 2.05. The average Bonchev–Trinajstić information content (AvgIpc) is 2.68. The molecule has 0 unspecified atom stereocenters. The molecule has 1 aromatic carbocycles. The van der Waals surface area contributed by atoms with Crippen molar-refractivity contribution in [1.29, 1.82) is 0 Å². The fraction of sp³-hybridized carbons (Fsp3) is 0.579. The van der Waals surface area contributed by atoms with Gasteiger partial charge in [0.2, 0.25) is 0 Å². The zero-order chi connectivity index (χ0) is 19.7. The zero-order valence-electron chi connectivity index (χ0n) is 16.2. The van der Waals surface area contributed by atoms with E-state index in [0.29, 0.717) is 51.0 Å². The molecule has 0 saturated carbocycles. The second kappa shape index (κ2) is 15.4. The third kappa shape index (κ3) is 11.6. The molecular formula is C19H31BrN4O3. The highest BCUT2D eigenvalue weighted by Crippen LogP contribution is 2.11. The Morgan fingerprint density at radius 1 is 1.04 bits per heavy atom. The van der Waals surface area contributed by atoms with Crippen molar-refractivity contribution < 1.29 is 14.3 Å². The number of halogens is 1. The molecule has 0 aliphatic rings. The van der Waals surface area contributed by atoms with E-state index in [1.807, 2.05) is 12.1 Å². The summed E-state index contributed by atoms with van der Waals surface area (Å²) >= 11 is 3.36. The normalized spacial score (nSPS) is 11.3. The molecule has 1 rings (SSSR count). The molecule has 0 atom stereocenters. The number of hydrogen-bond acceptors (Lipinski definition) is 4. The van der Waals surface area contributed by atoms with E-state index in [2.05, 4.69) is 43.8 Å². The Kier molecular flexibility index (Phi) is 13.4. The quantitative estimate of drug-likeness (QED) is 0.247. The molecule has 0 bridgehead atoms. The van der Waals surface area contributed by atoms with Crippen molar-refractivity contribution in [2.75, 3.05) is 53.1 Å². The van der Waals surface area contributed by atoms with Gasteiger partial charge in [0.05, 0.1) is 19.8 Å². The molecule has 0 fully saturated rings. The lowest BCUT2D eigenvalue weighted by molar-refractivity contribution is 0.0487. The molecule has 0 radical (unpaired) electrons. The van der Waals surface area contributed by atoms with Gasteiger partial charge in [-0.25, -0.2) is 0 Å². The summed E-state index contributed by atoms with van der Waals surface area (Å²) in [6, 6.07) is 7.29. The van der Waals surface area contributed by atoms with Crippen LogP contribution >= 0.6 is 15.9 Å². The van der Waals surface area contributed by atoms with Gasteiger partial charge in [0, 0.05) is 43.3 Å². The highest BCUT2D eigenvalue weighted by atomic mass is 79.9. The summed E-state index contributed by atoms with van der Waals surface area (Å²) in [5, 5.41) is 9.18. The van der Waals surface area contributed by atoms with Crippen LogP contribution in [0.3, 0.4) is 0 Å². The lowest BCUT2D eigenvalue weighted by Gasteiger charge is -2.12. The maximum Gasteiger partial charge on any atom is 0.251 e. The summed E-state index contributed by atoms with van der Waals surface area (Å²) in [7, 11) is 1.71. The second-order valence-electron chi connectivity index (χ2n) is 5.77. The van der Waals surface area contributed by atoms with E-state index < -0.39 is 0 Å². The Morgan fingerprint density at radius 3 is 2.44 bits per heavy atom. The van der Waals surface area contributed by atoms with Crippen LogP contribution in [0.5, 0.6) is 0 Å². The monoisotopic (exact) mass is 442 g/mol. The van der Waals surface area contributed by atoms with Gasteiger partial charge in [-0.05, 0) is 24.6 Å². The van der Waals surface area contributed by atoms with Crippen molar-refractivity contribution in [2.45, 2.75) is 19.8 Å². The van der Waals surface area contributed by atoms with Crippen LogP contribution in [0, 0.1) is 0 Å². The molecule has 152 valence electrons. The van der Waals surface area contributed by atoms with Crippen molar-refractivity contribution in [2.24, 2.45) is 4.99 Å². The minimum absolute atomic E-state index is 0.101. The van der Waals surface area contributed by atoms with Gasteiger partial charge >= 0.3 is 0 Å². The van der Waals surface area contributed by atoms with Gasteiger partial charge < -0.3 is 25.4 Å². The summed E-state index contributed by atoms with van der Waals surface area (Å²) in [5.41, 5.74) is 0.628. The maximum atomic E-state index is 12.0. The number of rotatable bonds is 13. The standard InChI is InChI=1S/C19H31BrN4O3/c1-3-4-11-26-13-14-27-12-10-24-19(21-2)23-9-8-22-18(25)16-6-5-7-17(20)15-16/h5-7,15H,3-4,8-14H2,1-2H3,(H,22,25)(H2,21,23,24). The first-order chi connectivity index (χ1) is 13.2. The summed E-state index contributed by atoms with van der Waals surface area (Å²) in [6.45, 7) is 6.47. The molecule has 0 aliphatic heterocycles. The zero-order valence-corrected chi connectivity index (χ0v) is 17.8. The van der Waals surface area contributed by atoms with Crippen LogP contribution in [-0.2, 0) is 9.47 Å². The van der Waals surface area contributed by atoms with Crippen LogP contribution in [0.4, 0.5) is 0 Å². The average molecular weight is 443 g/mol. The first-order valence-corrected chi connectivity index (χ1v) is 10.1. The lowest BCUT2D eigenvalue weighted by Crippen LogP contribution is -2.42. The Bertz CT molecular complexity index is 570. The fourth-order valence-electron chi connectivity index (χ4n) is 2.12. The largest absolute Gasteiger partial charge is 0.379 e. The molecule has 0 aliphatic carbocycles. The number of carbonyl (C=O) groups is 1. The first-order valence-electron chi connectivity index (χ1n) is 9.31. The van der Waals surface area contributed by atoms with Crippen LogP contribution in [0.2, 0.25) is 0 Å². The number of hydrogen-bond donors (Lipinski definition) is 3. The van der Waals surface area contributed by atoms with Crippen LogP contribution in [0.25, 0.3) is 0 Å². The number of guanidine groups is 1. The SMILES string of the molecule is CCCCOCCOCCNC(=NC)NCCNC(=O)c1cccc(Br)c1. The van der Waals surface area contributed by atoms with E-state index in [4.69, 9.17) is 9.47 Å². The summed E-state index contributed by atoms with van der Waals surface area (Å²) in [4.78, 5) is 16.2. The molecule has 3 N–H and O–H groups in total. The number of ether oxygens (including phenoxy) is 2. The number of unbranched alkanes of at least 4 members (excludes halogenated alkanes) is 1. The van der Waals surface area contributed by atoms with Gasteiger partial charge in [-0.2, -0.15) is 0 Å². The highest BCUT2D eigenvalue weighted by Gasteiger charge is 2.05. The van der Waals surface area contributed by atoms with Crippen LogP contribution in [0.15, 0.2) is 33.7 Å². The number of nitrogens with one attached hydrogen (secondary N) is 3. The molecule has 0 saturated heterocycles. The van der Waals surface area contributed by atoms with E-state index in [1.165, 1.54) is 0 Å². The summed E-state index contributed by atoms with van der Waals surface area (Å²) < 4.78 is 11.8. The second-order valence-corrected chi connectivity index (χ2v) is 6.69. The summed E-state index contributed by atoms with van der Waals surface area (Å²) in [6.07, 6.45) is 2.23. The maximum absolute atomic E-state index is 12.0. The highest BCUT2D eigenvalue weighted by molar-refractivity contribution is 9.10. The van der Waals surface area contributed by atoms with E-state index in [1.54, 1.807) is 19.2 Å². The van der Waals surface area contributed by atoms with E-state index in [0.717, 1.165) is 23.9 Å². The third-order valence-corrected chi connectivity index (χ3v) is 4.06. The predicted molar refractivity (Wildman–Crippen MR) is 112 cm³/mol. The number of carbonyl (C=O) groups excluding carboxylic acids is 1. The first kappa shape index (κ1) is 23.4. The van der Waals surface area contributed by atoms with Crippen molar-refractivity contribution in [3.05, 3.63) is 34.3 Å². The fourth-order valence-corrected chi connectivity index (χ4v) is 2.52. The number of benzene rings is 1. The number of amides is 1. The number of aliphatic imine (C=N–C) groups is 1. The van der Waals surface area contributed by atoms with Crippen molar-refractivity contribution >= 4 is 27.8 Å². The van der Waals surface area contributed by atoms with Gasteiger partial charge in [-0.3, -0.25) is 9.79 Å². The lowest BCUT2D eigenvalue weighted by atomic mass is 10.2. The van der Waals surface area contributed by atoms with Gasteiger partial charge in [0.25, 0.3) is 5.91 Å².